The van der Waals surface area contributed by atoms with Crippen LogP contribution in [0.25, 0.3) is 0 Å². The topological polar surface area (TPSA) is 85.8 Å². The Morgan fingerprint density at radius 1 is 1.56 bits per heavy atom. The quantitative estimate of drug-likeness (QED) is 0.320. The van der Waals surface area contributed by atoms with Crippen molar-refractivity contribution in [2.24, 2.45) is 5.84 Å². The van der Waals surface area contributed by atoms with E-state index < -0.39 is 0 Å². The fourth-order valence-electron chi connectivity index (χ4n) is 2.33. The third kappa shape index (κ3) is 3.05. The van der Waals surface area contributed by atoms with Gasteiger partial charge >= 0.3 is 0 Å². The molecule has 18 heavy (non-hydrogen) atoms. The van der Waals surface area contributed by atoms with E-state index >= 15 is 0 Å². The summed E-state index contributed by atoms with van der Waals surface area (Å²) in [5, 5.41) is 8.12. The van der Waals surface area contributed by atoms with Crippen LogP contribution in [0, 0.1) is 0 Å². The smallest absolute Gasteiger partial charge is 0.255 e. The van der Waals surface area contributed by atoms with E-state index in [2.05, 4.69) is 29.8 Å². The van der Waals surface area contributed by atoms with Crippen molar-refractivity contribution in [3.63, 3.8) is 0 Å². The molecule has 1 aliphatic rings. The molecule has 0 saturated carbocycles. The lowest BCUT2D eigenvalue weighted by Crippen LogP contribution is -2.45. The van der Waals surface area contributed by atoms with Crippen LogP contribution < -0.4 is 11.3 Å². The Bertz CT molecular complexity index is 417. The summed E-state index contributed by atoms with van der Waals surface area (Å²) in [5.41, 5.74) is 3.07. The summed E-state index contributed by atoms with van der Waals surface area (Å²) < 4.78 is 2.60. The summed E-state index contributed by atoms with van der Waals surface area (Å²) in [6.07, 6.45) is 4.09. The number of rotatable bonds is 3. The van der Waals surface area contributed by atoms with Gasteiger partial charge in [-0.25, -0.2) is 10.5 Å². The van der Waals surface area contributed by atoms with Crippen LogP contribution in [-0.4, -0.2) is 52.6 Å². The van der Waals surface area contributed by atoms with E-state index in [1.165, 1.54) is 4.68 Å². The lowest BCUT2D eigenvalue weighted by Gasteiger charge is -2.36. The molecule has 0 aromatic carbocycles. The van der Waals surface area contributed by atoms with Crippen LogP contribution in [-0.2, 0) is 11.3 Å². The summed E-state index contributed by atoms with van der Waals surface area (Å²) in [7, 11) is 4.50. The van der Waals surface area contributed by atoms with Gasteiger partial charge in [-0.1, -0.05) is 5.21 Å². The number of hydrazine groups is 1. The number of likely N-dealkylation sites (tertiary alicyclic amines) is 1. The van der Waals surface area contributed by atoms with E-state index in [1.54, 1.807) is 0 Å². The Morgan fingerprint density at radius 3 is 2.83 bits per heavy atom. The highest BCUT2D eigenvalue weighted by molar-refractivity contribution is 5.74. The molecule has 1 aliphatic heterocycles. The van der Waals surface area contributed by atoms with Gasteiger partial charge in [0.2, 0.25) is 0 Å². The van der Waals surface area contributed by atoms with Gasteiger partial charge < -0.3 is 4.48 Å². The van der Waals surface area contributed by atoms with Gasteiger partial charge in [-0.2, -0.15) is 0 Å². The molecule has 100 valence electrons. The SMILES string of the molecule is C[N+]1(C)CCC(c2cn(CC(=O)NN)nn2)CC1. The average molecular weight is 253 g/mol. The highest BCUT2D eigenvalue weighted by Gasteiger charge is 2.28. The van der Waals surface area contributed by atoms with Crippen LogP contribution in [0.2, 0.25) is 0 Å². The van der Waals surface area contributed by atoms with E-state index in [0.29, 0.717) is 5.92 Å². The maximum absolute atomic E-state index is 11.1. The highest BCUT2D eigenvalue weighted by atomic mass is 16.2. The Kier molecular flexibility index (Phi) is 3.63. The second-order valence-electron chi connectivity index (χ2n) is 5.57. The molecule has 3 N–H and O–H groups in total. The second-order valence-corrected chi connectivity index (χ2v) is 5.57. The number of hydrogen-bond donors (Lipinski definition) is 2. The molecule has 0 atom stereocenters. The molecule has 0 radical (unpaired) electrons. The zero-order chi connectivity index (χ0) is 13.2. The Balaban J connectivity index is 1.96. The number of quaternary nitrogens is 1. The van der Waals surface area contributed by atoms with Gasteiger partial charge in [0.25, 0.3) is 5.91 Å². The molecule has 1 saturated heterocycles. The summed E-state index contributed by atoms with van der Waals surface area (Å²) in [4.78, 5) is 11.1. The van der Waals surface area contributed by atoms with Crippen molar-refractivity contribution >= 4 is 5.91 Å². The standard InChI is InChI=1S/C11H20N6O/c1-17(2)5-3-9(4-6-17)10-7-16(15-14-10)8-11(18)13-12/h7,9H,3-6,8H2,1-2H3,(H2-,12,13,14,15,18)/p+1. The highest BCUT2D eigenvalue weighted by Crippen LogP contribution is 2.28. The number of aromatic nitrogens is 3. The number of amides is 1. The molecule has 0 unspecified atom stereocenters. The molecule has 2 heterocycles. The number of nitrogens with one attached hydrogen (secondary N) is 1. The van der Waals surface area contributed by atoms with Crippen LogP contribution in [0.5, 0.6) is 0 Å². The number of nitrogens with two attached hydrogens (primary N) is 1. The minimum Gasteiger partial charge on any atom is -0.328 e. The first-order valence-electron chi connectivity index (χ1n) is 6.22. The lowest BCUT2D eigenvalue weighted by molar-refractivity contribution is -0.895. The Morgan fingerprint density at radius 2 is 2.22 bits per heavy atom. The van der Waals surface area contributed by atoms with Gasteiger partial charge in [-0.15, -0.1) is 5.10 Å². The maximum atomic E-state index is 11.1. The minimum atomic E-state index is -0.270. The van der Waals surface area contributed by atoms with Crippen LogP contribution in [0.4, 0.5) is 0 Å². The minimum absolute atomic E-state index is 0.123. The molecule has 1 aromatic heterocycles. The lowest BCUT2D eigenvalue weighted by atomic mass is 9.93. The molecule has 7 nitrogen and oxygen atoms in total. The monoisotopic (exact) mass is 253 g/mol. The van der Waals surface area contributed by atoms with Gasteiger partial charge in [0.05, 0.1) is 32.9 Å². The first-order chi connectivity index (χ1) is 8.50. The molecule has 2 rings (SSSR count). The van der Waals surface area contributed by atoms with E-state index in [9.17, 15) is 4.79 Å². The molecule has 0 spiro atoms. The van der Waals surface area contributed by atoms with Gasteiger partial charge in [-0.3, -0.25) is 10.2 Å². The van der Waals surface area contributed by atoms with Crippen LogP contribution in [0.3, 0.4) is 0 Å². The van der Waals surface area contributed by atoms with E-state index in [1.807, 2.05) is 6.20 Å². The predicted octanol–water partition coefficient (Wildman–Crippen LogP) is -0.778. The first kappa shape index (κ1) is 13.0. The molecular formula is C11H21N6O+. The van der Waals surface area contributed by atoms with Crippen molar-refractivity contribution in [2.75, 3.05) is 27.2 Å². The predicted molar refractivity (Wildman–Crippen MR) is 66.2 cm³/mol. The molecule has 1 aromatic rings. The van der Waals surface area contributed by atoms with Gasteiger partial charge in [0.15, 0.2) is 0 Å². The van der Waals surface area contributed by atoms with E-state index in [-0.39, 0.29) is 12.5 Å². The first-order valence-corrected chi connectivity index (χ1v) is 6.22. The normalized spacial score (nSPS) is 19.7. The molecule has 1 amide bonds. The van der Waals surface area contributed by atoms with Crippen LogP contribution >= 0.6 is 0 Å². The average Bonchev–Trinajstić information content (AvgIpc) is 2.77. The van der Waals surface area contributed by atoms with E-state index in [0.717, 1.165) is 36.1 Å². The Labute approximate surface area is 106 Å². The molecule has 0 aliphatic carbocycles. The van der Waals surface area contributed by atoms with Crippen LogP contribution in [0.1, 0.15) is 24.5 Å². The summed E-state index contributed by atoms with van der Waals surface area (Å²) in [6, 6.07) is 0. The fraction of sp³-hybridized carbons (Fsp3) is 0.727. The van der Waals surface area contributed by atoms with Crippen LogP contribution in [0.15, 0.2) is 6.20 Å². The number of nitrogens with zero attached hydrogens (tertiary/aromatic N) is 4. The van der Waals surface area contributed by atoms with Crippen molar-refractivity contribution in [3.05, 3.63) is 11.9 Å². The third-order valence-corrected chi connectivity index (χ3v) is 3.61. The fourth-order valence-corrected chi connectivity index (χ4v) is 2.33. The number of piperidine rings is 1. The maximum Gasteiger partial charge on any atom is 0.255 e. The van der Waals surface area contributed by atoms with Crippen molar-refractivity contribution in [1.29, 1.82) is 0 Å². The second kappa shape index (κ2) is 5.03. The van der Waals surface area contributed by atoms with Crippen molar-refractivity contribution in [2.45, 2.75) is 25.3 Å². The number of hydrogen-bond acceptors (Lipinski definition) is 4. The summed E-state index contributed by atoms with van der Waals surface area (Å²) in [5.74, 6) is 5.23. The largest absolute Gasteiger partial charge is 0.328 e. The Hall–Kier alpha value is -1.47. The number of carbonyl (C=O) groups excluding carboxylic acids is 1. The summed E-state index contributed by atoms with van der Waals surface area (Å²) >= 11 is 0. The van der Waals surface area contributed by atoms with Crippen molar-refractivity contribution in [3.8, 4) is 0 Å². The molecule has 0 bridgehead atoms. The van der Waals surface area contributed by atoms with Crippen molar-refractivity contribution < 1.29 is 9.28 Å². The zero-order valence-corrected chi connectivity index (χ0v) is 11.0. The van der Waals surface area contributed by atoms with Gasteiger partial charge in [0.1, 0.15) is 6.54 Å². The van der Waals surface area contributed by atoms with Gasteiger partial charge in [-0.05, 0) is 0 Å². The molecule has 7 heteroatoms. The van der Waals surface area contributed by atoms with E-state index in [4.69, 9.17) is 5.84 Å². The number of carbonyl (C=O) groups is 1. The van der Waals surface area contributed by atoms with Crippen molar-refractivity contribution in [1.82, 2.24) is 20.4 Å². The summed E-state index contributed by atoms with van der Waals surface area (Å²) in [6.45, 7) is 2.43. The molecule has 1 fully saturated rings. The van der Waals surface area contributed by atoms with Gasteiger partial charge in [0, 0.05) is 25.0 Å². The molecular weight excluding hydrogens is 232 g/mol. The zero-order valence-electron chi connectivity index (χ0n) is 11.0. The third-order valence-electron chi connectivity index (χ3n) is 3.61.